The number of rotatable bonds is 4. The van der Waals surface area contributed by atoms with E-state index in [1.165, 1.54) is 0 Å². The first kappa shape index (κ1) is 15.7. The number of nitrogens with one attached hydrogen (secondary N) is 1. The van der Waals surface area contributed by atoms with E-state index in [1.54, 1.807) is 4.90 Å². The van der Waals surface area contributed by atoms with Gasteiger partial charge in [-0.05, 0) is 33.2 Å². The Morgan fingerprint density at radius 3 is 2.75 bits per heavy atom. The van der Waals surface area contributed by atoms with Gasteiger partial charge in [0.05, 0.1) is 6.61 Å². The first-order valence-electron chi connectivity index (χ1n) is 5.82. The number of carbonyl (C=O) groups is 1. The fourth-order valence-corrected chi connectivity index (χ4v) is 2.16. The van der Waals surface area contributed by atoms with E-state index in [2.05, 4.69) is 12.2 Å². The lowest BCUT2D eigenvalue weighted by Gasteiger charge is -2.31. The predicted octanol–water partition coefficient (Wildman–Crippen LogP) is 0.637. The third kappa shape index (κ3) is 4.28. The van der Waals surface area contributed by atoms with Crippen molar-refractivity contribution in [3.8, 4) is 0 Å². The molecule has 5 heteroatoms. The summed E-state index contributed by atoms with van der Waals surface area (Å²) < 4.78 is 0. The normalized spacial score (nSPS) is 24.7. The minimum Gasteiger partial charge on any atom is -0.395 e. The molecule has 0 aromatic carbocycles. The maximum Gasteiger partial charge on any atom is 0.225 e. The highest BCUT2D eigenvalue weighted by Gasteiger charge is 2.27. The summed E-state index contributed by atoms with van der Waals surface area (Å²) in [4.78, 5) is 13.8. The SMILES string of the molecule is CCN(CCO)C(=O)[C@H]1CCN[C@@H](C)C1.Cl. The molecule has 2 atom stereocenters. The van der Waals surface area contributed by atoms with Crippen LogP contribution in [0.4, 0.5) is 0 Å². The van der Waals surface area contributed by atoms with E-state index < -0.39 is 0 Å². The van der Waals surface area contributed by atoms with Gasteiger partial charge in [-0.15, -0.1) is 12.4 Å². The van der Waals surface area contributed by atoms with Crippen LogP contribution in [0.15, 0.2) is 0 Å². The molecule has 0 unspecified atom stereocenters. The van der Waals surface area contributed by atoms with Crippen molar-refractivity contribution < 1.29 is 9.90 Å². The number of amides is 1. The molecule has 1 amide bonds. The van der Waals surface area contributed by atoms with Gasteiger partial charge >= 0.3 is 0 Å². The average Bonchev–Trinajstić information content (AvgIpc) is 2.25. The number of likely N-dealkylation sites (N-methyl/N-ethyl adjacent to an activating group) is 1. The van der Waals surface area contributed by atoms with Gasteiger partial charge in [-0.1, -0.05) is 0 Å². The summed E-state index contributed by atoms with van der Waals surface area (Å²) in [5.74, 6) is 0.354. The lowest BCUT2D eigenvalue weighted by molar-refractivity contribution is -0.137. The molecular formula is C11H23ClN2O2. The fourth-order valence-electron chi connectivity index (χ4n) is 2.16. The van der Waals surface area contributed by atoms with E-state index in [4.69, 9.17) is 5.11 Å². The molecule has 0 spiro atoms. The van der Waals surface area contributed by atoms with E-state index in [0.717, 1.165) is 19.4 Å². The van der Waals surface area contributed by atoms with Crippen molar-refractivity contribution in [3.63, 3.8) is 0 Å². The molecule has 1 rings (SSSR count). The third-order valence-corrected chi connectivity index (χ3v) is 3.04. The third-order valence-electron chi connectivity index (χ3n) is 3.04. The van der Waals surface area contributed by atoms with E-state index in [0.29, 0.717) is 19.1 Å². The first-order valence-corrected chi connectivity index (χ1v) is 5.82. The zero-order chi connectivity index (χ0) is 11.3. The topological polar surface area (TPSA) is 52.6 Å². The summed E-state index contributed by atoms with van der Waals surface area (Å²) in [5, 5.41) is 12.2. The van der Waals surface area contributed by atoms with Gasteiger partial charge in [-0.3, -0.25) is 4.79 Å². The molecule has 1 aliphatic rings. The highest BCUT2D eigenvalue weighted by Crippen LogP contribution is 2.18. The van der Waals surface area contributed by atoms with Crippen LogP contribution in [0.25, 0.3) is 0 Å². The Bertz CT molecular complexity index is 214. The van der Waals surface area contributed by atoms with Crippen molar-refractivity contribution in [1.82, 2.24) is 10.2 Å². The molecule has 1 saturated heterocycles. The molecule has 4 nitrogen and oxygen atoms in total. The molecule has 1 aliphatic heterocycles. The number of aliphatic hydroxyl groups excluding tert-OH is 1. The van der Waals surface area contributed by atoms with Crippen molar-refractivity contribution >= 4 is 18.3 Å². The van der Waals surface area contributed by atoms with Crippen molar-refractivity contribution in [3.05, 3.63) is 0 Å². The molecule has 0 aromatic heterocycles. The highest BCUT2D eigenvalue weighted by molar-refractivity contribution is 5.85. The predicted molar refractivity (Wildman–Crippen MR) is 66.8 cm³/mol. The summed E-state index contributed by atoms with van der Waals surface area (Å²) in [6.45, 7) is 6.21. The number of hydrogen-bond acceptors (Lipinski definition) is 3. The van der Waals surface area contributed by atoms with E-state index in [9.17, 15) is 4.79 Å². The van der Waals surface area contributed by atoms with Crippen molar-refractivity contribution in [1.29, 1.82) is 0 Å². The van der Waals surface area contributed by atoms with Gasteiger partial charge in [-0.25, -0.2) is 0 Å². The van der Waals surface area contributed by atoms with Crippen molar-refractivity contribution in [2.45, 2.75) is 32.7 Å². The molecule has 2 N–H and O–H groups in total. The van der Waals surface area contributed by atoms with Crippen molar-refractivity contribution in [2.24, 2.45) is 5.92 Å². The van der Waals surface area contributed by atoms with E-state index in [1.807, 2.05) is 6.92 Å². The highest BCUT2D eigenvalue weighted by atomic mass is 35.5. The van der Waals surface area contributed by atoms with E-state index in [-0.39, 0.29) is 30.8 Å². The molecule has 0 aliphatic carbocycles. The number of nitrogens with zero attached hydrogens (tertiary/aromatic N) is 1. The lowest BCUT2D eigenvalue weighted by atomic mass is 9.92. The van der Waals surface area contributed by atoms with Gasteiger partial charge in [0.15, 0.2) is 0 Å². The molecule has 1 heterocycles. The molecule has 1 fully saturated rings. The van der Waals surface area contributed by atoms with Crippen LogP contribution in [0.1, 0.15) is 26.7 Å². The number of carbonyl (C=O) groups excluding carboxylic acids is 1. The minimum atomic E-state index is 0. The van der Waals surface area contributed by atoms with Crippen LogP contribution in [-0.4, -0.2) is 48.2 Å². The van der Waals surface area contributed by atoms with Gasteiger partial charge in [0.2, 0.25) is 5.91 Å². The second kappa shape index (κ2) is 7.87. The molecule has 0 bridgehead atoms. The zero-order valence-corrected chi connectivity index (χ0v) is 10.9. The van der Waals surface area contributed by atoms with E-state index >= 15 is 0 Å². The maximum atomic E-state index is 12.1. The second-order valence-electron chi connectivity index (χ2n) is 4.22. The quantitative estimate of drug-likeness (QED) is 0.770. The smallest absolute Gasteiger partial charge is 0.225 e. The maximum absolute atomic E-state index is 12.1. The fraction of sp³-hybridized carbons (Fsp3) is 0.909. The molecule has 0 radical (unpaired) electrons. The summed E-state index contributed by atoms with van der Waals surface area (Å²) >= 11 is 0. The second-order valence-corrected chi connectivity index (χ2v) is 4.22. The Kier molecular flexibility index (Phi) is 7.72. The van der Waals surface area contributed by atoms with Crippen LogP contribution in [-0.2, 0) is 4.79 Å². The summed E-state index contributed by atoms with van der Waals surface area (Å²) in [6.07, 6.45) is 1.84. The molecular weight excluding hydrogens is 228 g/mol. The van der Waals surface area contributed by atoms with Gasteiger partial charge < -0.3 is 15.3 Å². The van der Waals surface area contributed by atoms with Gasteiger partial charge in [-0.2, -0.15) is 0 Å². The summed E-state index contributed by atoms with van der Waals surface area (Å²) in [7, 11) is 0. The number of halogens is 1. The van der Waals surface area contributed by atoms with Crippen LogP contribution < -0.4 is 5.32 Å². The first-order chi connectivity index (χ1) is 7.19. The number of hydrogen-bond donors (Lipinski definition) is 2. The minimum absolute atomic E-state index is 0. The Hall–Kier alpha value is -0.320. The van der Waals surface area contributed by atoms with Crippen LogP contribution >= 0.6 is 12.4 Å². The Morgan fingerprint density at radius 1 is 1.56 bits per heavy atom. The molecule has 0 aromatic rings. The number of piperidine rings is 1. The van der Waals surface area contributed by atoms with Gasteiger partial charge in [0, 0.05) is 25.0 Å². The number of aliphatic hydroxyl groups is 1. The summed E-state index contributed by atoms with van der Waals surface area (Å²) in [6, 6.07) is 0.431. The monoisotopic (exact) mass is 250 g/mol. The average molecular weight is 251 g/mol. The standard InChI is InChI=1S/C11H22N2O2.ClH/c1-3-13(6-7-14)11(15)10-4-5-12-9(2)8-10;/h9-10,12,14H,3-8H2,1-2H3;1H/t9-,10-;/m0./s1. The Balaban J connectivity index is 0.00000225. The van der Waals surface area contributed by atoms with Crippen LogP contribution in [0.2, 0.25) is 0 Å². The summed E-state index contributed by atoms with van der Waals surface area (Å²) in [5.41, 5.74) is 0. The Morgan fingerprint density at radius 2 is 2.25 bits per heavy atom. The van der Waals surface area contributed by atoms with Crippen LogP contribution in [0.5, 0.6) is 0 Å². The molecule has 96 valence electrons. The van der Waals surface area contributed by atoms with Gasteiger partial charge in [0.25, 0.3) is 0 Å². The van der Waals surface area contributed by atoms with Crippen molar-refractivity contribution in [2.75, 3.05) is 26.2 Å². The Labute approximate surface area is 104 Å². The molecule has 16 heavy (non-hydrogen) atoms. The van der Waals surface area contributed by atoms with Crippen LogP contribution in [0.3, 0.4) is 0 Å². The van der Waals surface area contributed by atoms with Gasteiger partial charge in [0.1, 0.15) is 0 Å². The zero-order valence-electron chi connectivity index (χ0n) is 10.1. The lowest BCUT2D eigenvalue weighted by Crippen LogP contribution is -2.44. The van der Waals surface area contributed by atoms with Crippen LogP contribution in [0, 0.1) is 5.92 Å². The largest absolute Gasteiger partial charge is 0.395 e. The molecule has 0 saturated carbocycles.